The predicted octanol–water partition coefficient (Wildman–Crippen LogP) is 6.91. The molecule has 0 aliphatic heterocycles. The highest BCUT2D eigenvalue weighted by molar-refractivity contribution is 6.33. The number of carbonyl (C=O) groups excluding carboxylic acids is 1. The Morgan fingerprint density at radius 3 is 2.74 bits per heavy atom. The highest BCUT2D eigenvalue weighted by Crippen LogP contribution is 2.54. The zero-order valence-corrected chi connectivity index (χ0v) is 19.5. The first kappa shape index (κ1) is 22.4. The van der Waals surface area contributed by atoms with Crippen LogP contribution in [-0.4, -0.2) is 16.6 Å². The second kappa shape index (κ2) is 8.96. The first-order chi connectivity index (χ1) is 14.9. The molecule has 0 radical (unpaired) electrons. The molecule has 31 heavy (non-hydrogen) atoms. The highest BCUT2D eigenvalue weighted by Gasteiger charge is 2.49. The minimum Gasteiger partial charge on any atom is -0.390 e. The number of amides is 1. The van der Waals surface area contributed by atoms with Gasteiger partial charge in [0.15, 0.2) is 0 Å². The van der Waals surface area contributed by atoms with Crippen LogP contribution in [0.15, 0.2) is 42.5 Å². The lowest BCUT2D eigenvalue weighted by Crippen LogP contribution is -2.47. The Morgan fingerprint density at radius 2 is 2.00 bits per heavy atom. The minimum atomic E-state index is -0.503. The second-order valence-corrected chi connectivity index (χ2v) is 9.99. The van der Waals surface area contributed by atoms with E-state index in [1.165, 1.54) is 11.1 Å². The van der Waals surface area contributed by atoms with Gasteiger partial charge in [0.1, 0.15) is 0 Å². The van der Waals surface area contributed by atoms with E-state index in [0.29, 0.717) is 22.2 Å². The summed E-state index contributed by atoms with van der Waals surface area (Å²) in [7, 11) is 0. The van der Waals surface area contributed by atoms with Gasteiger partial charge in [-0.05, 0) is 98.1 Å². The number of hydrogen-bond acceptors (Lipinski definition) is 2. The number of hydrogen-bond donors (Lipinski definition) is 2. The third-order valence-electron chi connectivity index (χ3n) is 7.82. The molecule has 3 unspecified atom stereocenters. The maximum Gasteiger partial charge on any atom is 0.255 e. The fourth-order valence-corrected chi connectivity index (χ4v) is 6.40. The summed E-state index contributed by atoms with van der Waals surface area (Å²) in [5, 5.41) is 14.7. The van der Waals surface area contributed by atoms with Crippen LogP contribution < -0.4 is 5.32 Å². The second-order valence-electron chi connectivity index (χ2n) is 9.58. The van der Waals surface area contributed by atoms with Gasteiger partial charge in [0.2, 0.25) is 0 Å². The Morgan fingerprint density at radius 1 is 1.19 bits per heavy atom. The monoisotopic (exact) mass is 439 g/mol. The number of fused-ring (bicyclic) bond motifs is 3. The summed E-state index contributed by atoms with van der Waals surface area (Å²) in [6.07, 6.45) is 9.07. The van der Waals surface area contributed by atoms with E-state index in [9.17, 15) is 9.90 Å². The molecule has 0 saturated heterocycles. The fourth-order valence-electron chi connectivity index (χ4n) is 6.22. The number of anilines is 1. The molecule has 4 rings (SSSR count). The maximum absolute atomic E-state index is 12.9. The van der Waals surface area contributed by atoms with Crippen LogP contribution in [0.2, 0.25) is 5.02 Å². The van der Waals surface area contributed by atoms with Gasteiger partial charge in [0.05, 0.1) is 16.3 Å². The lowest BCUT2D eigenvalue weighted by Gasteiger charge is -2.50. The zero-order valence-electron chi connectivity index (χ0n) is 18.7. The molecule has 0 spiro atoms. The van der Waals surface area contributed by atoms with Crippen molar-refractivity contribution in [3.8, 4) is 0 Å². The third-order valence-corrected chi connectivity index (χ3v) is 8.14. The number of carbonyl (C=O) groups is 1. The van der Waals surface area contributed by atoms with Crippen LogP contribution in [0.5, 0.6) is 0 Å². The molecular formula is C27H34ClNO2. The van der Waals surface area contributed by atoms with Crippen molar-refractivity contribution in [3.63, 3.8) is 0 Å². The van der Waals surface area contributed by atoms with Crippen LogP contribution in [0.4, 0.5) is 5.69 Å². The quantitative estimate of drug-likeness (QED) is 0.531. The van der Waals surface area contributed by atoms with Crippen molar-refractivity contribution in [2.75, 3.05) is 5.32 Å². The van der Waals surface area contributed by atoms with Crippen molar-refractivity contribution < 1.29 is 9.90 Å². The Balaban J connectivity index is 1.63. The molecule has 2 aromatic rings. The standard InChI is InChI=1S/C27H34ClNO2/c1-3-14-26(31)15-16-27(4-2)21(18-26)9-7-8-19-17-20(12-13-22(19)27)25(30)29-24-11-6-5-10-23(24)28/h5-6,10-13,17,21,31H,3-4,7-9,14-16,18H2,1-2H3,(H,29,30). The van der Waals surface area contributed by atoms with Gasteiger partial charge in [-0.2, -0.15) is 0 Å². The molecular weight excluding hydrogens is 406 g/mol. The van der Waals surface area contributed by atoms with E-state index < -0.39 is 5.60 Å². The zero-order chi connectivity index (χ0) is 22.1. The van der Waals surface area contributed by atoms with Crippen molar-refractivity contribution >= 4 is 23.2 Å². The van der Waals surface area contributed by atoms with E-state index in [4.69, 9.17) is 11.6 Å². The van der Waals surface area contributed by atoms with Crippen molar-refractivity contribution in [3.05, 3.63) is 64.2 Å². The third kappa shape index (κ3) is 4.27. The van der Waals surface area contributed by atoms with Gasteiger partial charge < -0.3 is 10.4 Å². The SMILES string of the molecule is CCCC1(O)CCC2(CC)c3ccc(C(=O)Nc4ccccc4Cl)cc3CCCC2C1. The largest absolute Gasteiger partial charge is 0.390 e. The number of benzene rings is 2. The van der Waals surface area contributed by atoms with Gasteiger partial charge in [-0.3, -0.25) is 4.79 Å². The molecule has 0 aromatic heterocycles. The normalized spacial score (nSPS) is 27.7. The number of rotatable bonds is 5. The van der Waals surface area contributed by atoms with Gasteiger partial charge in [-0.25, -0.2) is 0 Å². The van der Waals surface area contributed by atoms with Gasteiger partial charge in [0, 0.05) is 5.56 Å². The van der Waals surface area contributed by atoms with Crippen molar-refractivity contribution in [2.45, 2.75) is 82.7 Å². The summed E-state index contributed by atoms with van der Waals surface area (Å²) in [5.74, 6) is 0.384. The maximum atomic E-state index is 12.9. The van der Waals surface area contributed by atoms with Gasteiger partial charge in [-0.15, -0.1) is 0 Å². The fraction of sp³-hybridized carbons (Fsp3) is 0.519. The predicted molar refractivity (Wildman–Crippen MR) is 128 cm³/mol. The van der Waals surface area contributed by atoms with Gasteiger partial charge in [-0.1, -0.05) is 50.1 Å². The van der Waals surface area contributed by atoms with Crippen molar-refractivity contribution in [2.24, 2.45) is 5.92 Å². The number of halogens is 1. The summed E-state index contributed by atoms with van der Waals surface area (Å²) in [5.41, 5.74) is 3.64. The highest BCUT2D eigenvalue weighted by atomic mass is 35.5. The van der Waals surface area contributed by atoms with E-state index in [1.54, 1.807) is 6.07 Å². The van der Waals surface area contributed by atoms with Crippen LogP contribution >= 0.6 is 11.6 Å². The van der Waals surface area contributed by atoms with E-state index >= 15 is 0 Å². The molecule has 166 valence electrons. The van der Waals surface area contributed by atoms with E-state index in [1.807, 2.05) is 24.3 Å². The minimum absolute atomic E-state index is 0.115. The summed E-state index contributed by atoms with van der Waals surface area (Å²) in [6, 6.07) is 13.6. The average Bonchev–Trinajstić information content (AvgIpc) is 2.91. The number of para-hydroxylation sites is 1. The molecule has 1 fully saturated rings. The smallest absolute Gasteiger partial charge is 0.255 e. The Labute approximate surface area is 191 Å². The summed E-state index contributed by atoms with van der Waals surface area (Å²) in [4.78, 5) is 12.9. The molecule has 2 aliphatic rings. The summed E-state index contributed by atoms with van der Waals surface area (Å²) < 4.78 is 0. The Bertz CT molecular complexity index is 958. The van der Waals surface area contributed by atoms with Crippen molar-refractivity contribution in [1.29, 1.82) is 0 Å². The molecule has 3 atom stereocenters. The van der Waals surface area contributed by atoms with Crippen LogP contribution in [0.1, 0.15) is 86.7 Å². The molecule has 1 saturated carbocycles. The van der Waals surface area contributed by atoms with Gasteiger partial charge >= 0.3 is 0 Å². The molecule has 2 aliphatic carbocycles. The first-order valence-corrected chi connectivity index (χ1v) is 12.2. The molecule has 2 aromatic carbocycles. The van der Waals surface area contributed by atoms with E-state index in [0.717, 1.165) is 57.8 Å². The Kier molecular flexibility index (Phi) is 6.46. The molecule has 3 nitrogen and oxygen atoms in total. The van der Waals surface area contributed by atoms with E-state index in [2.05, 4.69) is 31.3 Å². The number of aryl methyl sites for hydroxylation is 1. The number of aliphatic hydroxyl groups is 1. The lowest BCUT2D eigenvalue weighted by molar-refractivity contribution is -0.0542. The molecule has 4 heteroatoms. The first-order valence-electron chi connectivity index (χ1n) is 11.8. The van der Waals surface area contributed by atoms with E-state index in [-0.39, 0.29) is 11.3 Å². The summed E-state index contributed by atoms with van der Waals surface area (Å²) in [6.45, 7) is 4.46. The molecule has 0 heterocycles. The molecule has 1 amide bonds. The molecule has 2 N–H and O–H groups in total. The Hall–Kier alpha value is -1.84. The van der Waals surface area contributed by atoms with Crippen LogP contribution in [-0.2, 0) is 11.8 Å². The molecule has 0 bridgehead atoms. The summed E-state index contributed by atoms with van der Waals surface area (Å²) >= 11 is 6.22. The lowest BCUT2D eigenvalue weighted by atomic mass is 9.56. The van der Waals surface area contributed by atoms with Gasteiger partial charge in [0.25, 0.3) is 5.91 Å². The van der Waals surface area contributed by atoms with Crippen LogP contribution in [0, 0.1) is 5.92 Å². The van der Waals surface area contributed by atoms with Crippen LogP contribution in [0.3, 0.4) is 0 Å². The van der Waals surface area contributed by atoms with Crippen molar-refractivity contribution in [1.82, 2.24) is 0 Å². The van der Waals surface area contributed by atoms with Crippen LogP contribution in [0.25, 0.3) is 0 Å². The number of nitrogens with one attached hydrogen (secondary N) is 1. The average molecular weight is 440 g/mol. The topological polar surface area (TPSA) is 49.3 Å².